The minimum Gasteiger partial charge on any atom is -0.354 e. The van der Waals surface area contributed by atoms with Gasteiger partial charge in [0, 0.05) is 23.7 Å². The topological polar surface area (TPSA) is 79.2 Å². The standard InChI is InChI=1S/C16H25ClN4O/c1-3-16(18,4-2)10-19-15(22)12-9-20-21-14(12)11-7-5-6-8-13(11)17/h5-8,12,14,20-21H,3-4,9-10,18H2,1-2H3,(H,19,22). The van der Waals surface area contributed by atoms with Crippen molar-refractivity contribution in [3.8, 4) is 0 Å². The maximum Gasteiger partial charge on any atom is 0.226 e. The zero-order chi connectivity index (χ0) is 16.2. The van der Waals surface area contributed by atoms with Crippen LogP contribution in [0.5, 0.6) is 0 Å². The largest absolute Gasteiger partial charge is 0.354 e. The first kappa shape index (κ1) is 17.2. The summed E-state index contributed by atoms with van der Waals surface area (Å²) in [5.41, 5.74) is 13.0. The predicted octanol–water partition coefficient (Wildman–Crippen LogP) is 1.74. The van der Waals surface area contributed by atoms with Gasteiger partial charge in [0.05, 0.1) is 12.0 Å². The summed E-state index contributed by atoms with van der Waals surface area (Å²) in [5.74, 6) is -0.211. The van der Waals surface area contributed by atoms with E-state index in [1.54, 1.807) is 0 Å². The third kappa shape index (κ3) is 3.79. The lowest BCUT2D eigenvalue weighted by molar-refractivity contribution is -0.125. The molecule has 5 nitrogen and oxygen atoms in total. The highest BCUT2D eigenvalue weighted by molar-refractivity contribution is 6.31. The number of hydrogen-bond acceptors (Lipinski definition) is 4. The molecule has 1 aliphatic heterocycles. The number of amides is 1. The van der Waals surface area contributed by atoms with E-state index in [-0.39, 0.29) is 23.4 Å². The van der Waals surface area contributed by atoms with Crippen molar-refractivity contribution in [2.24, 2.45) is 11.7 Å². The summed E-state index contributed by atoms with van der Waals surface area (Å²) >= 11 is 6.25. The summed E-state index contributed by atoms with van der Waals surface area (Å²) in [6.07, 6.45) is 1.66. The number of hydrazine groups is 1. The lowest BCUT2D eigenvalue weighted by atomic mass is 9.92. The first-order valence-corrected chi connectivity index (χ1v) is 8.18. The van der Waals surface area contributed by atoms with Crippen molar-refractivity contribution >= 4 is 17.5 Å². The Kier molecular flexibility index (Phi) is 5.81. The van der Waals surface area contributed by atoms with Gasteiger partial charge in [0.1, 0.15) is 0 Å². The van der Waals surface area contributed by atoms with Gasteiger partial charge < -0.3 is 11.1 Å². The molecule has 22 heavy (non-hydrogen) atoms. The third-order valence-electron chi connectivity index (χ3n) is 4.58. The van der Waals surface area contributed by atoms with Gasteiger partial charge >= 0.3 is 0 Å². The molecular weight excluding hydrogens is 300 g/mol. The van der Waals surface area contributed by atoms with Crippen molar-refractivity contribution in [3.05, 3.63) is 34.9 Å². The second-order valence-corrected chi connectivity index (χ2v) is 6.33. The van der Waals surface area contributed by atoms with Crippen LogP contribution in [0.4, 0.5) is 0 Å². The molecule has 0 spiro atoms. The zero-order valence-electron chi connectivity index (χ0n) is 13.2. The molecule has 5 N–H and O–H groups in total. The van der Waals surface area contributed by atoms with Crippen LogP contribution in [-0.2, 0) is 4.79 Å². The van der Waals surface area contributed by atoms with Crippen molar-refractivity contribution in [2.45, 2.75) is 38.3 Å². The van der Waals surface area contributed by atoms with E-state index in [2.05, 4.69) is 16.2 Å². The second kappa shape index (κ2) is 7.42. The number of hydrogen-bond donors (Lipinski definition) is 4. The van der Waals surface area contributed by atoms with Gasteiger partial charge in [-0.1, -0.05) is 43.6 Å². The van der Waals surface area contributed by atoms with E-state index in [0.717, 1.165) is 18.4 Å². The number of benzene rings is 1. The van der Waals surface area contributed by atoms with Gasteiger partial charge in [-0.25, -0.2) is 5.43 Å². The lowest BCUT2D eigenvalue weighted by Gasteiger charge is -2.28. The minimum atomic E-state index is -0.338. The van der Waals surface area contributed by atoms with Crippen molar-refractivity contribution < 1.29 is 4.79 Å². The highest BCUT2D eigenvalue weighted by Gasteiger charge is 2.35. The predicted molar refractivity (Wildman–Crippen MR) is 89.3 cm³/mol. The average molecular weight is 325 g/mol. The van der Waals surface area contributed by atoms with E-state index >= 15 is 0 Å². The van der Waals surface area contributed by atoms with E-state index in [1.165, 1.54) is 0 Å². The van der Waals surface area contributed by atoms with Crippen LogP contribution in [0.25, 0.3) is 0 Å². The normalized spacial score (nSPS) is 21.8. The maximum absolute atomic E-state index is 12.5. The first-order valence-electron chi connectivity index (χ1n) is 7.80. The Morgan fingerprint density at radius 2 is 2.09 bits per heavy atom. The fraction of sp³-hybridized carbons (Fsp3) is 0.562. The number of nitrogens with two attached hydrogens (primary N) is 1. The number of rotatable bonds is 6. The number of nitrogens with one attached hydrogen (secondary N) is 3. The van der Waals surface area contributed by atoms with Crippen LogP contribution < -0.4 is 21.9 Å². The SMILES string of the molecule is CCC(N)(CC)CNC(=O)C1CNNC1c1ccccc1Cl. The molecule has 1 fully saturated rings. The average Bonchev–Trinajstić information content (AvgIpc) is 3.02. The van der Waals surface area contributed by atoms with Gasteiger partial charge in [0.25, 0.3) is 0 Å². The van der Waals surface area contributed by atoms with E-state index in [9.17, 15) is 4.79 Å². The third-order valence-corrected chi connectivity index (χ3v) is 4.93. The van der Waals surface area contributed by atoms with Crippen LogP contribution in [0.15, 0.2) is 24.3 Å². The highest BCUT2D eigenvalue weighted by Crippen LogP contribution is 2.30. The first-order chi connectivity index (χ1) is 10.5. The number of carbonyl (C=O) groups excluding carboxylic acids is 1. The van der Waals surface area contributed by atoms with Crippen LogP contribution >= 0.6 is 11.6 Å². The number of carbonyl (C=O) groups is 1. The highest BCUT2D eigenvalue weighted by atomic mass is 35.5. The molecule has 1 aromatic rings. The van der Waals surface area contributed by atoms with Crippen LogP contribution in [-0.4, -0.2) is 24.5 Å². The summed E-state index contributed by atoms with van der Waals surface area (Å²) in [5, 5.41) is 3.66. The molecule has 0 aliphatic carbocycles. The Morgan fingerprint density at radius 1 is 1.41 bits per heavy atom. The molecule has 0 aromatic heterocycles. The molecule has 1 heterocycles. The Hall–Kier alpha value is -1.14. The lowest BCUT2D eigenvalue weighted by Crippen LogP contribution is -2.50. The maximum atomic E-state index is 12.5. The zero-order valence-corrected chi connectivity index (χ0v) is 13.9. The van der Waals surface area contributed by atoms with Crippen molar-refractivity contribution in [3.63, 3.8) is 0 Å². The van der Waals surface area contributed by atoms with Crippen LogP contribution in [0.3, 0.4) is 0 Å². The van der Waals surface area contributed by atoms with Gasteiger partial charge in [-0.15, -0.1) is 0 Å². The molecular formula is C16H25ClN4O. The van der Waals surface area contributed by atoms with E-state index in [1.807, 2.05) is 38.1 Å². The van der Waals surface area contributed by atoms with E-state index < -0.39 is 0 Å². The van der Waals surface area contributed by atoms with E-state index in [0.29, 0.717) is 18.1 Å². The molecule has 1 amide bonds. The Bertz CT molecular complexity index is 519. The molecule has 2 atom stereocenters. The molecule has 1 aromatic carbocycles. The van der Waals surface area contributed by atoms with Crippen LogP contribution in [0.2, 0.25) is 5.02 Å². The van der Waals surface area contributed by atoms with E-state index in [4.69, 9.17) is 17.3 Å². The monoisotopic (exact) mass is 324 g/mol. The summed E-state index contributed by atoms with van der Waals surface area (Å²) in [7, 11) is 0. The summed E-state index contributed by atoms with van der Waals surface area (Å²) in [4.78, 5) is 12.5. The quantitative estimate of drug-likeness (QED) is 0.642. The Morgan fingerprint density at radius 3 is 2.73 bits per heavy atom. The van der Waals surface area contributed by atoms with Gasteiger partial charge in [-0.05, 0) is 24.5 Å². The van der Waals surface area contributed by atoms with Gasteiger partial charge in [0.15, 0.2) is 0 Å². The molecule has 0 bridgehead atoms. The second-order valence-electron chi connectivity index (χ2n) is 5.92. The Labute approximate surface area is 136 Å². The molecule has 6 heteroatoms. The van der Waals surface area contributed by atoms with Gasteiger partial charge in [0.2, 0.25) is 5.91 Å². The summed E-state index contributed by atoms with van der Waals surface area (Å²) in [6.45, 7) is 5.14. The van der Waals surface area contributed by atoms with Gasteiger partial charge in [-0.2, -0.15) is 0 Å². The molecule has 122 valence electrons. The molecule has 1 aliphatic rings. The van der Waals surface area contributed by atoms with Crippen LogP contribution in [0, 0.1) is 5.92 Å². The van der Waals surface area contributed by atoms with Crippen molar-refractivity contribution in [2.75, 3.05) is 13.1 Å². The molecule has 0 saturated carbocycles. The fourth-order valence-electron chi connectivity index (χ4n) is 2.66. The fourth-order valence-corrected chi connectivity index (χ4v) is 2.91. The van der Waals surface area contributed by atoms with Crippen molar-refractivity contribution in [1.82, 2.24) is 16.2 Å². The van der Waals surface area contributed by atoms with Gasteiger partial charge in [-0.3, -0.25) is 10.2 Å². The van der Waals surface area contributed by atoms with Crippen molar-refractivity contribution in [1.29, 1.82) is 0 Å². The molecule has 2 rings (SSSR count). The minimum absolute atomic E-state index is 0.000792. The smallest absolute Gasteiger partial charge is 0.226 e. The molecule has 0 radical (unpaired) electrons. The molecule has 2 unspecified atom stereocenters. The summed E-state index contributed by atoms with van der Waals surface area (Å²) in [6, 6.07) is 7.46. The summed E-state index contributed by atoms with van der Waals surface area (Å²) < 4.78 is 0. The Balaban J connectivity index is 2.04. The molecule has 1 saturated heterocycles. The van der Waals surface area contributed by atoms with Crippen LogP contribution in [0.1, 0.15) is 38.3 Å². The number of halogens is 1.